The molecule has 0 radical (unpaired) electrons. The number of nitrogens with one attached hydrogen (secondary N) is 3. The van der Waals surface area contributed by atoms with Crippen molar-refractivity contribution in [2.24, 2.45) is 11.8 Å². The monoisotopic (exact) mass is 537 g/mol. The van der Waals surface area contributed by atoms with Crippen molar-refractivity contribution in [1.29, 1.82) is 0 Å². The zero-order valence-corrected chi connectivity index (χ0v) is 22.7. The second kappa shape index (κ2) is 10.8. The van der Waals surface area contributed by atoms with E-state index in [4.69, 9.17) is 18.9 Å². The summed E-state index contributed by atoms with van der Waals surface area (Å²) in [7, 11) is 1.56. The van der Waals surface area contributed by atoms with E-state index in [-0.39, 0.29) is 42.5 Å². The highest BCUT2D eigenvalue weighted by atomic mass is 16.6. The van der Waals surface area contributed by atoms with Gasteiger partial charge in [-0.2, -0.15) is 0 Å². The molecule has 1 aliphatic carbocycles. The molecule has 0 aromatic heterocycles. The summed E-state index contributed by atoms with van der Waals surface area (Å²) < 4.78 is 22.3. The van der Waals surface area contributed by atoms with Crippen molar-refractivity contribution in [2.75, 3.05) is 40.1 Å². The zero-order valence-electron chi connectivity index (χ0n) is 22.7. The molecule has 0 spiro atoms. The molecule has 2 aliphatic heterocycles. The molecule has 3 amide bonds. The van der Waals surface area contributed by atoms with Crippen LogP contribution in [0, 0.1) is 11.8 Å². The summed E-state index contributed by atoms with van der Waals surface area (Å²) in [6, 6.07) is 11.1. The SMILES string of the molecule is CNC(=O)c1cc(C(=O)NC2C3COCC32)cc2c1OCC2c1ccc(OCCOC(=O)NC(C)(C)C)cc1. The highest BCUT2D eigenvalue weighted by Crippen LogP contribution is 2.45. The highest BCUT2D eigenvalue weighted by molar-refractivity contribution is 6.02. The van der Waals surface area contributed by atoms with Gasteiger partial charge in [-0.25, -0.2) is 4.79 Å². The molecule has 10 nitrogen and oxygen atoms in total. The molecule has 1 saturated carbocycles. The van der Waals surface area contributed by atoms with Gasteiger partial charge in [0.2, 0.25) is 0 Å². The predicted octanol–water partition coefficient (Wildman–Crippen LogP) is 2.85. The largest absolute Gasteiger partial charge is 0.491 e. The summed E-state index contributed by atoms with van der Waals surface area (Å²) in [6.07, 6.45) is -0.487. The summed E-state index contributed by atoms with van der Waals surface area (Å²) in [6.45, 7) is 7.68. The first kappa shape index (κ1) is 26.8. The molecule has 2 fully saturated rings. The molecule has 2 aromatic rings. The quantitative estimate of drug-likeness (QED) is 0.443. The van der Waals surface area contributed by atoms with Crippen LogP contribution in [0.5, 0.6) is 11.5 Å². The van der Waals surface area contributed by atoms with Gasteiger partial charge in [0.25, 0.3) is 11.8 Å². The van der Waals surface area contributed by atoms with Crippen LogP contribution in [0.25, 0.3) is 0 Å². The van der Waals surface area contributed by atoms with Crippen LogP contribution >= 0.6 is 0 Å². The summed E-state index contributed by atoms with van der Waals surface area (Å²) in [5.74, 6) is 1.24. The van der Waals surface area contributed by atoms with E-state index in [1.165, 1.54) is 0 Å². The number of carbonyl (C=O) groups excluding carboxylic acids is 3. The summed E-state index contributed by atoms with van der Waals surface area (Å²) in [5, 5.41) is 8.48. The second-order valence-corrected chi connectivity index (χ2v) is 11.2. The Morgan fingerprint density at radius 3 is 2.36 bits per heavy atom. The number of benzene rings is 2. The van der Waals surface area contributed by atoms with Gasteiger partial charge >= 0.3 is 6.09 Å². The smallest absolute Gasteiger partial charge is 0.407 e. The van der Waals surface area contributed by atoms with Gasteiger partial charge in [0, 0.05) is 47.5 Å². The Hall–Kier alpha value is -3.79. The second-order valence-electron chi connectivity index (χ2n) is 11.2. The Morgan fingerprint density at radius 1 is 0.974 bits per heavy atom. The first-order valence-corrected chi connectivity index (χ1v) is 13.2. The standard InChI is InChI=1S/C29H35N3O7/c1-29(2,3)32-28(35)38-10-9-37-18-7-5-16(6-8-18)21-15-39-25-19(21)11-17(12-20(25)27(34)30-4)26(33)31-24-22-13-36-14-23(22)24/h5-8,11-12,21-24H,9-10,13-15H2,1-4H3,(H,30,34)(H,31,33)(H,32,35). The van der Waals surface area contributed by atoms with E-state index in [1.807, 2.05) is 51.1 Å². The van der Waals surface area contributed by atoms with Gasteiger partial charge in [-0.05, 0) is 50.6 Å². The molecule has 0 bridgehead atoms. The van der Waals surface area contributed by atoms with Crippen LogP contribution in [0.1, 0.15) is 58.5 Å². The van der Waals surface area contributed by atoms with Gasteiger partial charge in [-0.15, -0.1) is 0 Å². The van der Waals surface area contributed by atoms with E-state index < -0.39 is 6.09 Å². The Bertz CT molecular complexity index is 1240. The van der Waals surface area contributed by atoms with E-state index in [9.17, 15) is 14.4 Å². The third kappa shape index (κ3) is 5.95. The molecule has 10 heteroatoms. The Kier molecular flexibility index (Phi) is 7.40. The third-order valence-corrected chi connectivity index (χ3v) is 7.22. The Morgan fingerprint density at radius 2 is 1.69 bits per heavy atom. The van der Waals surface area contributed by atoms with E-state index in [2.05, 4.69) is 16.0 Å². The fourth-order valence-electron chi connectivity index (χ4n) is 5.16. The van der Waals surface area contributed by atoms with Crippen molar-refractivity contribution in [1.82, 2.24) is 16.0 Å². The van der Waals surface area contributed by atoms with Crippen molar-refractivity contribution >= 4 is 17.9 Å². The van der Waals surface area contributed by atoms with Crippen molar-refractivity contribution in [3.63, 3.8) is 0 Å². The number of hydrogen-bond acceptors (Lipinski definition) is 7. The number of rotatable bonds is 8. The fourth-order valence-corrected chi connectivity index (χ4v) is 5.16. The van der Waals surface area contributed by atoms with Crippen LogP contribution in [0.15, 0.2) is 36.4 Å². The van der Waals surface area contributed by atoms with Crippen LogP contribution in [0.2, 0.25) is 0 Å². The fraction of sp³-hybridized carbons (Fsp3) is 0.483. The highest BCUT2D eigenvalue weighted by Gasteiger charge is 2.54. The average Bonchev–Trinajstić information content (AvgIpc) is 3.25. The number of alkyl carbamates (subject to hydrolysis) is 1. The normalized spacial score (nSPS) is 22.7. The first-order valence-electron chi connectivity index (χ1n) is 13.2. The molecular formula is C29H35N3O7. The lowest BCUT2D eigenvalue weighted by Gasteiger charge is -2.20. The maximum absolute atomic E-state index is 13.1. The molecule has 5 rings (SSSR count). The van der Waals surface area contributed by atoms with E-state index in [0.717, 1.165) is 11.1 Å². The van der Waals surface area contributed by atoms with Crippen molar-refractivity contribution in [3.8, 4) is 11.5 Å². The Balaban J connectivity index is 1.26. The predicted molar refractivity (Wildman–Crippen MR) is 142 cm³/mol. The molecule has 1 saturated heterocycles. The molecule has 3 N–H and O–H groups in total. The number of carbonyl (C=O) groups is 3. The lowest BCUT2D eigenvalue weighted by Crippen LogP contribution is -2.41. The molecule has 3 aliphatic rings. The minimum absolute atomic E-state index is 0.121. The van der Waals surface area contributed by atoms with Crippen LogP contribution in [0.3, 0.4) is 0 Å². The molecular weight excluding hydrogens is 502 g/mol. The van der Waals surface area contributed by atoms with Gasteiger partial charge in [0.15, 0.2) is 0 Å². The maximum atomic E-state index is 13.1. The maximum Gasteiger partial charge on any atom is 0.407 e. The van der Waals surface area contributed by atoms with Gasteiger partial charge in [-0.1, -0.05) is 12.1 Å². The van der Waals surface area contributed by atoms with Crippen LogP contribution in [-0.4, -0.2) is 69.6 Å². The first-order chi connectivity index (χ1) is 18.6. The number of amides is 3. The number of fused-ring (bicyclic) bond motifs is 2. The molecule has 3 atom stereocenters. The molecule has 208 valence electrons. The van der Waals surface area contributed by atoms with Crippen molar-refractivity contribution in [3.05, 3.63) is 58.7 Å². The average molecular weight is 538 g/mol. The van der Waals surface area contributed by atoms with Crippen LogP contribution < -0.4 is 25.4 Å². The van der Waals surface area contributed by atoms with E-state index >= 15 is 0 Å². The van der Waals surface area contributed by atoms with Gasteiger partial charge in [0.1, 0.15) is 24.7 Å². The summed E-state index contributed by atoms with van der Waals surface area (Å²) >= 11 is 0. The van der Waals surface area contributed by atoms with Crippen molar-refractivity contribution in [2.45, 2.75) is 38.3 Å². The molecule has 3 unspecified atom stereocenters. The van der Waals surface area contributed by atoms with Gasteiger partial charge < -0.3 is 34.9 Å². The minimum atomic E-state index is -0.487. The molecule has 39 heavy (non-hydrogen) atoms. The van der Waals surface area contributed by atoms with Crippen molar-refractivity contribution < 1.29 is 33.3 Å². The van der Waals surface area contributed by atoms with E-state index in [0.29, 0.717) is 54.3 Å². The zero-order chi connectivity index (χ0) is 27.7. The molecule has 2 heterocycles. The molecule has 2 aromatic carbocycles. The summed E-state index contributed by atoms with van der Waals surface area (Å²) in [5.41, 5.74) is 2.18. The lowest BCUT2D eigenvalue weighted by atomic mass is 9.90. The number of hydrogen-bond donors (Lipinski definition) is 3. The summed E-state index contributed by atoms with van der Waals surface area (Å²) in [4.78, 5) is 37.6. The lowest BCUT2D eigenvalue weighted by molar-refractivity contribution is 0.0928. The van der Waals surface area contributed by atoms with E-state index in [1.54, 1.807) is 13.1 Å². The topological polar surface area (TPSA) is 124 Å². The van der Waals surface area contributed by atoms with Crippen LogP contribution in [0.4, 0.5) is 4.79 Å². The minimum Gasteiger partial charge on any atom is -0.491 e. The van der Waals surface area contributed by atoms with Crippen LogP contribution in [-0.2, 0) is 9.47 Å². The van der Waals surface area contributed by atoms with Gasteiger partial charge in [-0.3, -0.25) is 9.59 Å². The third-order valence-electron chi connectivity index (χ3n) is 7.22. The van der Waals surface area contributed by atoms with Gasteiger partial charge in [0.05, 0.1) is 25.4 Å². The Labute approximate surface area is 227 Å². The number of ether oxygens (including phenoxy) is 4.